The molecule has 1 aliphatic rings. The minimum atomic E-state index is -0.494. The molecule has 1 heterocycles. The van der Waals surface area contributed by atoms with Crippen LogP contribution >= 0.6 is 0 Å². The van der Waals surface area contributed by atoms with Gasteiger partial charge < -0.3 is 29.0 Å². The highest BCUT2D eigenvalue weighted by Crippen LogP contribution is 2.36. The van der Waals surface area contributed by atoms with Crippen LogP contribution in [-0.2, 0) is 48.3 Å². The number of carbonyl (C=O) groups is 2. The third-order valence-electron chi connectivity index (χ3n) is 15.3. The van der Waals surface area contributed by atoms with Gasteiger partial charge in [-0.1, -0.05) is 258 Å². The van der Waals surface area contributed by atoms with E-state index in [1.165, 1.54) is 64.2 Å². The van der Waals surface area contributed by atoms with E-state index >= 15 is 0 Å². The summed E-state index contributed by atoms with van der Waals surface area (Å²) in [5, 5.41) is 3.48. The highest BCUT2D eigenvalue weighted by molar-refractivity contribution is 5.95. The molecule has 0 bridgehead atoms. The molecule has 1 fully saturated rings. The van der Waals surface area contributed by atoms with E-state index in [1.54, 1.807) is 0 Å². The summed E-state index contributed by atoms with van der Waals surface area (Å²) in [6.07, 6.45) is 22.7. The summed E-state index contributed by atoms with van der Waals surface area (Å²) in [4.78, 5) is 26.8. The molecule has 4 aromatic carbocycles. The van der Waals surface area contributed by atoms with Crippen molar-refractivity contribution in [2.45, 2.75) is 219 Å². The lowest BCUT2D eigenvalue weighted by atomic mass is 9.79. The van der Waals surface area contributed by atoms with Crippen LogP contribution in [0.4, 0.5) is 0 Å². The van der Waals surface area contributed by atoms with Gasteiger partial charge in [-0.15, -0.1) is 0 Å². The van der Waals surface area contributed by atoms with Crippen LogP contribution < -0.4 is 5.32 Å². The molecular weight excluding hydrogens is 907 g/mol. The maximum Gasteiger partial charge on any atom is 0.220 e. The number of nitrogens with one attached hydrogen (secondary N) is 1. The normalized spacial score (nSPS) is 19.0. The first-order chi connectivity index (χ1) is 35.8. The van der Waals surface area contributed by atoms with Crippen molar-refractivity contribution in [1.29, 1.82) is 0 Å². The van der Waals surface area contributed by atoms with Crippen LogP contribution in [0.25, 0.3) is 0 Å². The lowest BCUT2D eigenvalue weighted by Gasteiger charge is -2.44. The van der Waals surface area contributed by atoms with Gasteiger partial charge in [0.25, 0.3) is 0 Å². The average molecular weight is 1000 g/mol. The number of rotatable bonds is 40. The highest BCUT2D eigenvalue weighted by Gasteiger charge is 2.41. The summed E-state index contributed by atoms with van der Waals surface area (Å²) < 4.78 is 34.0. The molecule has 2 unspecified atom stereocenters. The fraction of sp³-hybridized carbons (Fsp3) is 0.600. The van der Waals surface area contributed by atoms with Crippen LogP contribution in [0.15, 0.2) is 121 Å². The van der Waals surface area contributed by atoms with Gasteiger partial charge in [-0.3, -0.25) is 9.59 Å². The fourth-order valence-electron chi connectivity index (χ4n) is 10.2. The molecule has 1 aliphatic heterocycles. The molecule has 5 rings (SSSR count). The minimum absolute atomic E-state index is 0.000276. The van der Waals surface area contributed by atoms with E-state index in [-0.39, 0.29) is 42.3 Å². The molecule has 8 nitrogen and oxygen atoms in total. The van der Waals surface area contributed by atoms with Crippen molar-refractivity contribution in [2.24, 2.45) is 17.8 Å². The number of ketones is 1. The maximum absolute atomic E-state index is 14.2. The Morgan fingerprint density at radius 3 is 1.53 bits per heavy atom. The first-order valence-electron chi connectivity index (χ1n) is 28.9. The van der Waals surface area contributed by atoms with Crippen LogP contribution in [0.3, 0.4) is 0 Å². The molecule has 8 heteroatoms. The molecule has 4 aromatic rings. The van der Waals surface area contributed by atoms with Crippen molar-refractivity contribution in [3.05, 3.63) is 144 Å². The third-order valence-corrected chi connectivity index (χ3v) is 15.3. The molecule has 0 saturated carbocycles. The second-order valence-electron chi connectivity index (χ2n) is 21.2. The van der Waals surface area contributed by atoms with Gasteiger partial charge in [-0.05, 0) is 47.8 Å². The standard InChI is InChI=1S/C65H95NO7/c1-5-6-7-8-9-10-11-12-13-16-19-34-45-61(70-48-56-38-27-22-28-39-56)64(71-49-57-40-29-23-30-41-57)59(66-63(68)46-35-20-17-14-15-18-33-44-60(67)58-42-31-24-32-43-58)50-72-65-54(4)52(2)53(3)62(73-65)51-69-47-55-36-25-21-26-37-55/h21-32,36-43,52-54,59,61-62,64-65H,5-20,33-35,44-51H2,1-4H3,(H,66,68)/t52-,53+,54?,59-,61+,62?,64-,65-/m0/s1. The Labute approximate surface area is 442 Å². The Balaban J connectivity index is 1.26. The summed E-state index contributed by atoms with van der Waals surface area (Å²) in [6.45, 7) is 11.1. The van der Waals surface area contributed by atoms with Crippen LogP contribution in [0.5, 0.6) is 0 Å². The van der Waals surface area contributed by atoms with Gasteiger partial charge in [0.1, 0.15) is 6.10 Å². The molecule has 0 aromatic heterocycles. The van der Waals surface area contributed by atoms with Crippen molar-refractivity contribution >= 4 is 11.7 Å². The van der Waals surface area contributed by atoms with Crippen molar-refractivity contribution in [3.8, 4) is 0 Å². The second-order valence-corrected chi connectivity index (χ2v) is 21.2. The smallest absolute Gasteiger partial charge is 0.220 e. The monoisotopic (exact) mass is 1000 g/mol. The number of unbranched alkanes of at least 4 members (excludes halogenated alkanes) is 17. The van der Waals surface area contributed by atoms with Crippen LogP contribution in [0, 0.1) is 17.8 Å². The SMILES string of the molecule is CCCCCCCCCCCCCC[C@@H](OCc1ccccc1)[C@@H](OCc1ccccc1)[C@H](CO[C@H]1OC(COCc2ccccc2)[C@H](C)[C@H](C)C1C)NC(=O)CCCCCCCCCC(=O)c1ccccc1. The first-order valence-corrected chi connectivity index (χ1v) is 28.9. The Bertz CT molecular complexity index is 1980. The number of carbonyl (C=O) groups excluding carboxylic acids is 2. The number of Topliss-reactive ketones (excluding diaryl/α,β-unsaturated/α-hetero) is 1. The molecule has 1 N–H and O–H groups in total. The maximum atomic E-state index is 14.2. The van der Waals surface area contributed by atoms with Gasteiger partial charge in [0, 0.05) is 24.3 Å². The van der Waals surface area contributed by atoms with Gasteiger partial charge in [0.15, 0.2) is 12.1 Å². The van der Waals surface area contributed by atoms with E-state index in [0.717, 1.165) is 86.5 Å². The van der Waals surface area contributed by atoms with Crippen LogP contribution in [0.1, 0.15) is 196 Å². The van der Waals surface area contributed by atoms with Gasteiger partial charge in [0.05, 0.1) is 51.3 Å². The lowest BCUT2D eigenvalue weighted by Crippen LogP contribution is -2.54. The second kappa shape index (κ2) is 36.7. The average Bonchev–Trinajstić information content (AvgIpc) is 3.42. The largest absolute Gasteiger partial charge is 0.374 e. The molecule has 402 valence electrons. The zero-order chi connectivity index (χ0) is 51.6. The number of hydrogen-bond donors (Lipinski definition) is 1. The molecule has 8 atom stereocenters. The van der Waals surface area contributed by atoms with Gasteiger partial charge in [-0.25, -0.2) is 0 Å². The first kappa shape index (κ1) is 59.7. The molecule has 1 amide bonds. The predicted octanol–water partition coefficient (Wildman–Crippen LogP) is 16.0. The van der Waals surface area contributed by atoms with Crippen molar-refractivity contribution in [1.82, 2.24) is 5.32 Å². The quantitative estimate of drug-likeness (QED) is 0.0350. The van der Waals surface area contributed by atoms with Gasteiger partial charge in [0.2, 0.25) is 5.91 Å². The molecule has 0 radical (unpaired) electrons. The minimum Gasteiger partial charge on any atom is -0.374 e. The summed E-state index contributed by atoms with van der Waals surface area (Å²) >= 11 is 0. The van der Waals surface area contributed by atoms with Crippen molar-refractivity contribution in [2.75, 3.05) is 13.2 Å². The van der Waals surface area contributed by atoms with Gasteiger partial charge in [-0.2, -0.15) is 0 Å². The fourth-order valence-corrected chi connectivity index (χ4v) is 10.2. The van der Waals surface area contributed by atoms with Crippen LogP contribution in [0.2, 0.25) is 0 Å². The Hall–Kier alpha value is -4.18. The van der Waals surface area contributed by atoms with E-state index in [1.807, 2.05) is 72.8 Å². The molecule has 73 heavy (non-hydrogen) atoms. The number of amides is 1. The van der Waals surface area contributed by atoms with E-state index in [4.69, 9.17) is 23.7 Å². The number of hydrogen-bond acceptors (Lipinski definition) is 7. The molecule has 1 saturated heterocycles. The summed E-state index contributed by atoms with van der Waals surface area (Å²) in [5.74, 6) is 0.945. The summed E-state index contributed by atoms with van der Waals surface area (Å²) in [5.41, 5.74) is 4.11. The predicted molar refractivity (Wildman–Crippen MR) is 298 cm³/mol. The van der Waals surface area contributed by atoms with Gasteiger partial charge >= 0.3 is 0 Å². The Morgan fingerprint density at radius 2 is 0.986 bits per heavy atom. The van der Waals surface area contributed by atoms with Crippen molar-refractivity contribution < 1.29 is 33.3 Å². The lowest BCUT2D eigenvalue weighted by molar-refractivity contribution is -0.262. The molecule has 0 spiro atoms. The highest BCUT2D eigenvalue weighted by atomic mass is 16.7. The van der Waals surface area contributed by atoms with Crippen LogP contribution in [-0.4, -0.2) is 55.5 Å². The molecule has 0 aliphatic carbocycles. The topological polar surface area (TPSA) is 92.3 Å². The molecular formula is C65H95NO7. The summed E-state index contributed by atoms with van der Waals surface area (Å²) in [6, 6.07) is 40.0. The zero-order valence-electron chi connectivity index (χ0n) is 45.6. The zero-order valence-corrected chi connectivity index (χ0v) is 45.6. The summed E-state index contributed by atoms with van der Waals surface area (Å²) in [7, 11) is 0. The number of ether oxygens (including phenoxy) is 5. The number of benzene rings is 4. The van der Waals surface area contributed by atoms with E-state index < -0.39 is 18.4 Å². The van der Waals surface area contributed by atoms with Crippen molar-refractivity contribution in [3.63, 3.8) is 0 Å². The van der Waals surface area contributed by atoms with E-state index in [0.29, 0.717) is 45.2 Å². The third kappa shape index (κ3) is 23.9. The van der Waals surface area contributed by atoms with E-state index in [9.17, 15) is 9.59 Å². The Kier molecular flexibility index (Phi) is 30.0. The Morgan fingerprint density at radius 1 is 0.521 bits per heavy atom. The van der Waals surface area contributed by atoms with E-state index in [2.05, 4.69) is 81.5 Å².